The number of benzene rings is 1. The number of nitrogens with zero attached hydrogens (tertiary/aromatic N) is 3. The van der Waals surface area contributed by atoms with E-state index in [1.54, 1.807) is 18.4 Å². The molecule has 0 saturated carbocycles. The lowest BCUT2D eigenvalue weighted by molar-refractivity contribution is 0.416. The molecule has 0 aliphatic carbocycles. The van der Waals surface area contributed by atoms with Crippen LogP contribution in [0.1, 0.15) is 19.9 Å². The van der Waals surface area contributed by atoms with E-state index in [-0.39, 0.29) is 0 Å². The maximum Gasteiger partial charge on any atom is 0.142 e. The van der Waals surface area contributed by atoms with Crippen molar-refractivity contribution >= 4 is 22.4 Å². The van der Waals surface area contributed by atoms with Crippen LogP contribution in [-0.2, 0) is 0 Å². The molecule has 0 unspecified atom stereocenters. The molecule has 0 aliphatic rings. The second-order valence-electron chi connectivity index (χ2n) is 6.16. The first-order chi connectivity index (χ1) is 12.2. The molecule has 0 atom stereocenters. The average Bonchev–Trinajstić information content (AvgIpc) is 3.28. The average molecular weight is 349 g/mol. The fourth-order valence-corrected chi connectivity index (χ4v) is 3.77. The van der Waals surface area contributed by atoms with Crippen LogP contribution in [-0.4, -0.2) is 21.6 Å². The van der Waals surface area contributed by atoms with E-state index < -0.39 is 0 Å². The first-order valence-corrected chi connectivity index (χ1v) is 9.12. The van der Waals surface area contributed by atoms with Crippen LogP contribution < -0.4 is 4.74 Å². The van der Waals surface area contributed by atoms with Crippen molar-refractivity contribution in [1.29, 1.82) is 0 Å². The Morgan fingerprint density at radius 3 is 2.64 bits per heavy atom. The van der Waals surface area contributed by atoms with Crippen molar-refractivity contribution < 1.29 is 4.74 Å². The van der Waals surface area contributed by atoms with Gasteiger partial charge in [0.15, 0.2) is 0 Å². The summed E-state index contributed by atoms with van der Waals surface area (Å²) in [6.07, 6.45) is 2.09. The van der Waals surface area contributed by atoms with Crippen LogP contribution in [0.25, 0.3) is 33.0 Å². The standard InChI is InChI=1S/C20H19N3OS/c1-13(2)23-11-10-15-18(23)9-8-16(21-15)20-22-17(12-25-20)14-6-4-5-7-19(14)24-3/h4-13H,1-3H3. The van der Waals surface area contributed by atoms with Gasteiger partial charge in [-0.2, -0.15) is 0 Å². The van der Waals surface area contributed by atoms with Crippen LogP contribution in [0.5, 0.6) is 5.75 Å². The zero-order valence-corrected chi connectivity index (χ0v) is 15.2. The molecule has 126 valence electrons. The normalized spacial score (nSPS) is 11.4. The first-order valence-electron chi connectivity index (χ1n) is 8.24. The van der Waals surface area contributed by atoms with Crippen molar-refractivity contribution in [3.8, 4) is 27.7 Å². The van der Waals surface area contributed by atoms with Crippen LogP contribution in [0.15, 0.2) is 54.0 Å². The quantitative estimate of drug-likeness (QED) is 0.494. The molecule has 0 radical (unpaired) electrons. The van der Waals surface area contributed by atoms with Gasteiger partial charge in [0.05, 0.1) is 29.5 Å². The smallest absolute Gasteiger partial charge is 0.142 e. The predicted octanol–water partition coefficient (Wildman–Crippen LogP) is 5.42. The number of hydrogen-bond acceptors (Lipinski definition) is 4. The third-order valence-corrected chi connectivity index (χ3v) is 5.10. The van der Waals surface area contributed by atoms with Crippen molar-refractivity contribution in [1.82, 2.24) is 14.5 Å². The molecule has 0 amide bonds. The molecular weight excluding hydrogens is 330 g/mol. The van der Waals surface area contributed by atoms with E-state index in [1.807, 2.05) is 30.3 Å². The number of aromatic nitrogens is 3. The van der Waals surface area contributed by atoms with Crippen LogP contribution in [0.4, 0.5) is 0 Å². The third kappa shape index (κ3) is 2.81. The maximum atomic E-state index is 5.44. The number of hydrogen-bond donors (Lipinski definition) is 0. The Morgan fingerprint density at radius 1 is 1.00 bits per heavy atom. The van der Waals surface area contributed by atoms with Gasteiger partial charge in [-0.1, -0.05) is 12.1 Å². The van der Waals surface area contributed by atoms with Crippen LogP contribution >= 0.6 is 11.3 Å². The Bertz CT molecular complexity index is 1030. The lowest BCUT2D eigenvalue weighted by Gasteiger charge is -2.08. The second-order valence-corrected chi connectivity index (χ2v) is 7.01. The van der Waals surface area contributed by atoms with E-state index in [1.165, 1.54) is 0 Å². The number of ether oxygens (including phenoxy) is 1. The number of rotatable bonds is 4. The van der Waals surface area contributed by atoms with Crippen LogP contribution in [0.3, 0.4) is 0 Å². The fraction of sp³-hybridized carbons (Fsp3) is 0.200. The van der Waals surface area contributed by atoms with Gasteiger partial charge >= 0.3 is 0 Å². The highest BCUT2D eigenvalue weighted by Crippen LogP contribution is 2.33. The van der Waals surface area contributed by atoms with E-state index in [0.29, 0.717) is 6.04 Å². The molecule has 4 nitrogen and oxygen atoms in total. The van der Waals surface area contributed by atoms with E-state index in [4.69, 9.17) is 14.7 Å². The van der Waals surface area contributed by atoms with Crippen molar-refractivity contribution in [3.05, 3.63) is 54.0 Å². The van der Waals surface area contributed by atoms with Gasteiger partial charge in [-0.3, -0.25) is 0 Å². The first kappa shape index (κ1) is 15.8. The number of pyridine rings is 1. The molecule has 25 heavy (non-hydrogen) atoms. The molecule has 5 heteroatoms. The van der Waals surface area contributed by atoms with Gasteiger partial charge in [0, 0.05) is 23.2 Å². The zero-order chi connectivity index (χ0) is 17.4. The van der Waals surface area contributed by atoms with E-state index in [2.05, 4.69) is 42.1 Å². The van der Waals surface area contributed by atoms with Gasteiger partial charge < -0.3 is 9.30 Å². The minimum Gasteiger partial charge on any atom is -0.496 e. The van der Waals surface area contributed by atoms with Gasteiger partial charge in [0.2, 0.25) is 0 Å². The number of methoxy groups -OCH3 is 1. The molecule has 0 N–H and O–H groups in total. The molecule has 0 bridgehead atoms. The minimum absolute atomic E-state index is 0.419. The zero-order valence-electron chi connectivity index (χ0n) is 14.4. The highest BCUT2D eigenvalue weighted by molar-refractivity contribution is 7.13. The van der Waals surface area contributed by atoms with Gasteiger partial charge in [0.1, 0.15) is 10.8 Å². The van der Waals surface area contributed by atoms with Crippen molar-refractivity contribution in [2.75, 3.05) is 7.11 Å². The summed E-state index contributed by atoms with van der Waals surface area (Å²) in [5.41, 5.74) is 4.97. The second kappa shape index (κ2) is 6.33. The summed E-state index contributed by atoms with van der Waals surface area (Å²) in [4.78, 5) is 9.57. The van der Waals surface area contributed by atoms with Crippen molar-refractivity contribution in [2.24, 2.45) is 0 Å². The summed E-state index contributed by atoms with van der Waals surface area (Å²) in [5.74, 6) is 0.830. The van der Waals surface area contributed by atoms with Crippen molar-refractivity contribution in [2.45, 2.75) is 19.9 Å². The molecule has 0 spiro atoms. The van der Waals surface area contributed by atoms with Gasteiger partial charge in [0.25, 0.3) is 0 Å². The SMILES string of the molecule is COc1ccccc1-c1csc(-c2ccc3c(ccn3C(C)C)n2)n1. The molecule has 1 aromatic carbocycles. The lowest BCUT2D eigenvalue weighted by Crippen LogP contribution is -1.98. The highest BCUT2D eigenvalue weighted by atomic mass is 32.1. The summed E-state index contributed by atoms with van der Waals surface area (Å²) in [7, 11) is 1.68. The van der Waals surface area contributed by atoms with Gasteiger partial charge in [-0.25, -0.2) is 9.97 Å². The Kier molecular flexibility index (Phi) is 4.01. The Morgan fingerprint density at radius 2 is 1.84 bits per heavy atom. The monoisotopic (exact) mass is 349 g/mol. The Labute approximate surface area is 150 Å². The summed E-state index contributed by atoms with van der Waals surface area (Å²) >= 11 is 1.60. The lowest BCUT2D eigenvalue weighted by atomic mass is 10.1. The molecule has 4 rings (SSSR count). The Balaban J connectivity index is 1.74. The largest absolute Gasteiger partial charge is 0.496 e. The van der Waals surface area contributed by atoms with Crippen LogP contribution in [0.2, 0.25) is 0 Å². The van der Waals surface area contributed by atoms with Crippen molar-refractivity contribution in [3.63, 3.8) is 0 Å². The maximum absolute atomic E-state index is 5.44. The highest BCUT2D eigenvalue weighted by Gasteiger charge is 2.13. The summed E-state index contributed by atoms with van der Waals surface area (Å²) in [6, 6.07) is 14.6. The Hall–Kier alpha value is -2.66. The van der Waals surface area contributed by atoms with Gasteiger partial charge in [-0.15, -0.1) is 11.3 Å². The van der Waals surface area contributed by atoms with Gasteiger partial charge in [-0.05, 0) is 44.2 Å². The number of thiazole rings is 1. The molecular formula is C20H19N3OS. The fourth-order valence-electron chi connectivity index (χ4n) is 2.98. The van der Waals surface area contributed by atoms with E-state index in [9.17, 15) is 0 Å². The molecule has 0 fully saturated rings. The third-order valence-electron chi connectivity index (χ3n) is 4.24. The predicted molar refractivity (Wildman–Crippen MR) is 103 cm³/mol. The molecule has 0 saturated heterocycles. The topological polar surface area (TPSA) is 39.9 Å². The summed E-state index contributed by atoms with van der Waals surface area (Å²) in [5, 5.41) is 2.97. The van der Waals surface area contributed by atoms with Crippen LogP contribution in [0, 0.1) is 0 Å². The minimum atomic E-state index is 0.419. The number of para-hydroxylation sites is 1. The molecule has 3 aromatic heterocycles. The van der Waals surface area contributed by atoms with E-state index >= 15 is 0 Å². The molecule has 0 aliphatic heterocycles. The number of fused-ring (bicyclic) bond motifs is 1. The molecule has 3 heterocycles. The summed E-state index contributed by atoms with van der Waals surface area (Å²) in [6.45, 7) is 4.35. The van der Waals surface area contributed by atoms with E-state index in [0.717, 1.165) is 38.7 Å². The molecule has 4 aromatic rings. The summed E-state index contributed by atoms with van der Waals surface area (Å²) < 4.78 is 7.67.